The van der Waals surface area contributed by atoms with Gasteiger partial charge in [0.05, 0.1) is 22.8 Å². The SMILES string of the molecule is Cc1cc(C)n(-c2cccc(Oc3ccc4c(c3)N(c3ccccn3)c3ccccc3C4(C)C)c2)n1. The summed E-state index contributed by atoms with van der Waals surface area (Å²) >= 11 is 0. The molecule has 5 heteroatoms. The van der Waals surface area contributed by atoms with Gasteiger partial charge in [-0.1, -0.05) is 50.2 Å². The van der Waals surface area contributed by atoms with E-state index < -0.39 is 0 Å². The van der Waals surface area contributed by atoms with Crippen LogP contribution in [-0.2, 0) is 5.41 Å². The van der Waals surface area contributed by atoms with Gasteiger partial charge >= 0.3 is 0 Å². The number of nitrogens with zero attached hydrogens (tertiary/aromatic N) is 4. The number of aromatic nitrogens is 3. The van der Waals surface area contributed by atoms with Crippen LogP contribution in [0.2, 0.25) is 0 Å². The van der Waals surface area contributed by atoms with Gasteiger partial charge in [-0.25, -0.2) is 9.67 Å². The van der Waals surface area contributed by atoms with Crippen LogP contribution in [0.3, 0.4) is 0 Å². The van der Waals surface area contributed by atoms with Crippen LogP contribution >= 0.6 is 0 Å². The minimum Gasteiger partial charge on any atom is -0.457 e. The molecule has 5 aromatic rings. The first-order valence-corrected chi connectivity index (χ1v) is 12.2. The van der Waals surface area contributed by atoms with Crippen molar-refractivity contribution in [1.82, 2.24) is 14.8 Å². The molecule has 0 saturated carbocycles. The predicted octanol–water partition coefficient (Wildman–Crippen LogP) is 7.79. The highest BCUT2D eigenvalue weighted by atomic mass is 16.5. The summed E-state index contributed by atoms with van der Waals surface area (Å²) in [7, 11) is 0. The highest BCUT2D eigenvalue weighted by Crippen LogP contribution is 2.52. The van der Waals surface area contributed by atoms with Gasteiger partial charge < -0.3 is 4.74 Å². The molecular formula is C31H28N4O. The van der Waals surface area contributed by atoms with E-state index in [9.17, 15) is 0 Å². The van der Waals surface area contributed by atoms with Crippen molar-refractivity contribution in [2.45, 2.75) is 33.1 Å². The van der Waals surface area contributed by atoms with Crippen LogP contribution in [0.1, 0.15) is 36.4 Å². The predicted molar refractivity (Wildman–Crippen MR) is 144 cm³/mol. The van der Waals surface area contributed by atoms with Crippen molar-refractivity contribution in [3.63, 3.8) is 0 Å². The van der Waals surface area contributed by atoms with Crippen molar-refractivity contribution in [2.24, 2.45) is 0 Å². The first-order valence-electron chi connectivity index (χ1n) is 12.2. The molecule has 0 unspecified atom stereocenters. The van der Waals surface area contributed by atoms with E-state index in [1.165, 1.54) is 11.1 Å². The van der Waals surface area contributed by atoms with Gasteiger partial charge in [-0.3, -0.25) is 4.90 Å². The number of pyridine rings is 1. The van der Waals surface area contributed by atoms with Crippen molar-refractivity contribution >= 4 is 17.2 Å². The fraction of sp³-hybridized carbons (Fsp3) is 0.161. The molecule has 178 valence electrons. The van der Waals surface area contributed by atoms with Gasteiger partial charge in [0.25, 0.3) is 0 Å². The first kappa shape index (κ1) is 22.1. The molecule has 0 fully saturated rings. The molecular weight excluding hydrogens is 444 g/mol. The highest BCUT2D eigenvalue weighted by molar-refractivity contribution is 5.85. The molecule has 0 atom stereocenters. The Labute approximate surface area is 211 Å². The molecule has 36 heavy (non-hydrogen) atoms. The third-order valence-electron chi connectivity index (χ3n) is 6.89. The second kappa shape index (κ2) is 8.38. The van der Waals surface area contributed by atoms with Crippen LogP contribution in [0.15, 0.2) is 97.2 Å². The monoisotopic (exact) mass is 472 g/mol. The average Bonchev–Trinajstić information content (AvgIpc) is 3.23. The quantitative estimate of drug-likeness (QED) is 0.268. The Balaban J connectivity index is 1.43. The van der Waals surface area contributed by atoms with Gasteiger partial charge in [0.1, 0.15) is 17.3 Å². The van der Waals surface area contributed by atoms with E-state index in [-0.39, 0.29) is 5.41 Å². The van der Waals surface area contributed by atoms with E-state index in [1.807, 2.05) is 60.3 Å². The van der Waals surface area contributed by atoms with Gasteiger partial charge in [0, 0.05) is 29.4 Å². The molecule has 1 aliphatic heterocycles. The maximum absolute atomic E-state index is 6.41. The van der Waals surface area contributed by atoms with Crippen molar-refractivity contribution in [2.75, 3.05) is 4.90 Å². The van der Waals surface area contributed by atoms with Crippen LogP contribution in [0, 0.1) is 13.8 Å². The van der Waals surface area contributed by atoms with Crippen LogP contribution in [0.5, 0.6) is 11.5 Å². The Kier molecular flexibility index (Phi) is 5.15. The van der Waals surface area contributed by atoms with Gasteiger partial charge in [-0.15, -0.1) is 0 Å². The molecule has 3 aromatic carbocycles. The van der Waals surface area contributed by atoms with Gasteiger partial charge in [0.15, 0.2) is 0 Å². The molecule has 0 spiro atoms. The fourth-order valence-electron chi connectivity index (χ4n) is 5.20. The Morgan fingerprint density at radius 1 is 0.722 bits per heavy atom. The summed E-state index contributed by atoms with van der Waals surface area (Å²) in [5.74, 6) is 2.42. The van der Waals surface area contributed by atoms with Crippen LogP contribution in [0.4, 0.5) is 17.2 Å². The topological polar surface area (TPSA) is 43.2 Å². The Morgan fingerprint density at radius 2 is 1.50 bits per heavy atom. The molecule has 0 aliphatic carbocycles. The summed E-state index contributed by atoms with van der Waals surface area (Å²) in [6.45, 7) is 8.62. The van der Waals surface area contributed by atoms with Gasteiger partial charge in [-0.2, -0.15) is 5.10 Å². The smallest absolute Gasteiger partial charge is 0.137 e. The minimum atomic E-state index is -0.162. The number of ether oxygens (including phenoxy) is 1. The molecule has 3 heterocycles. The summed E-state index contributed by atoms with van der Waals surface area (Å²) in [6.07, 6.45) is 1.84. The number of benzene rings is 3. The number of fused-ring (bicyclic) bond motifs is 2. The zero-order chi connectivity index (χ0) is 24.9. The lowest BCUT2D eigenvalue weighted by Gasteiger charge is -2.41. The van der Waals surface area contributed by atoms with Crippen LogP contribution < -0.4 is 9.64 Å². The Hall–Kier alpha value is -4.38. The van der Waals surface area contributed by atoms with Gasteiger partial charge in [0.2, 0.25) is 0 Å². The van der Waals surface area contributed by atoms with Crippen molar-refractivity contribution in [3.8, 4) is 17.2 Å². The van der Waals surface area contributed by atoms with E-state index in [0.717, 1.165) is 45.8 Å². The molecule has 0 amide bonds. The van der Waals surface area contributed by atoms with Gasteiger partial charge in [-0.05, 0) is 67.4 Å². The maximum Gasteiger partial charge on any atom is 0.137 e. The largest absolute Gasteiger partial charge is 0.457 e. The fourth-order valence-corrected chi connectivity index (χ4v) is 5.20. The van der Waals surface area contributed by atoms with E-state index >= 15 is 0 Å². The molecule has 0 bridgehead atoms. The van der Waals surface area contributed by atoms with Crippen LogP contribution in [-0.4, -0.2) is 14.8 Å². The molecule has 0 N–H and O–H groups in total. The molecule has 6 rings (SSSR count). The van der Waals surface area contributed by atoms with E-state index in [1.54, 1.807) is 0 Å². The van der Waals surface area contributed by atoms with E-state index in [2.05, 4.69) is 79.3 Å². The number of para-hydroxylation sites is 1. The number of hydrogen-bond acceptors (Lipinski definition) is 4. The summed E-state index contributed by atoms with van der Waals surface area (Å²) in [6, 6.07) is 31.1. The summed E-state index contributed by atoms with van der Waals surface area (Å²) in [5.41, 5.74) is 7.61. The number of rotatable bonds is 4. The minimum absolute atomic E-state index is 0.162. The molecule has 1 aliphatic rings. The highest BCUT2D eigenvalue weighted by Gasteiger charge is 2.37. The van der Waals surface area contributed by atoms with Crippen molar-refractivity contribution in [3.05, 3.63) is 120 Å². The second-order valence-electron chi connectivity index (χ2n) is 9.78. The summed E-state index contributed by atoms with van der Waals surface area (Å²) in [5, 5.41) is 4.61. The number of aryl methyl sites for hydroxylation is 2. The van der Waals surface area contributed by atoms with Crippen molar-refractivity contribution in [1.29, 1.82) is 0 Å². The normalized spacial score (nSPS) is 13.7. The lowest BCUT2D eigenvalue weighted by atomic mass is 9.73. The van der Waals surface area contributed by atoms with Crippen molar-refractivity contribution < 1.29 is 4.74 Å². The third kappa shape index (κ3) is 3.64. The third-order valence-corrected chi connectivity index (χ3v) is 6.89. The summed E-state index contributed by atoms with van der Waals surface area (Å²) in [4.78, 5) is 6.92. The van der Waals surface area contributed by atoms with E-state index in [4.69, 9.17) is 9.72 Å². The zero-order valence-corrected chi connectivity index (χ0v) is 20.9. The van der Waals surface area contributed by atoms with Crippen LogP contribution in [0.25, 0.3) is 5.69 Å². The summed E-state index contributed by atoms with van der Waals surface area (Å²) < 4.78 is 8.35. The number of hydrogen-bond donors (Lipinski definition) is 0. The number of anilines is 3. The first-order chi connectivity index (χ1) is 17.4. The molecule has 2 aromatic heterocycles. The molecule has 5 nitrogen and oxygen atoms in total. The maximum atomic E-state index is 6.41. The standard InChI is InChI=1S/C31H28N4O/c1-21-18-22(2)35(33-21)23-10-9-11-24(19-23)36-25-15-16-27-29(20-25)34(30-14-7-8-17-32-30)28-13-6-5-12-26(28)31(27,3)4/h5-20H,1-4H3. The Morgan fingerprint density at radius 3 is 2.28 bits per heavy atom. The average molecular weight is 473 g/mol. The lowest BCUT2D eigenvalue weighted by Crippen LogP contribution is -2.30. The zero-order valence-electron chi connectivity index (χ0n) is 20.9. The second-order valence-corrected chi connectivity index (χ2v) is 9.78. The molecule has 0 saturated heterocycles. The Bertz CT molecular complexity index is 1570. The van der Waals surface area contributed by atoms with E-state index in [0.29, 0.717) is 0 Å². The molecule has 0 radical (unpaired) electrons. The lowest BCUT2D eigenvalue weighted by molar-refractivity contribution is 0.481.